The van der Waals surface area contributed by atoms with E-state index in [1.165, 1.54) is 11.3 Å². The molecule has 0 unspecified atom stereocenters. The molecule has 0 aliphatic heterocycles. The summed E-state index contributed by atoms with van der Waals surface area (Å²) in [7, 11) is 1.60. The Hall–Kier alpha value is -3.65. The van der Waals surface area contributed by atoms with E-state index in [0.29, 0.717) is 35.4 Å². The number of nitrogens with one attached hydrogen (secondary N) is 1. The van der Waals surface area contributed by atoms with E-state index < -0.39 is 0 Å². The molecular formula is C22H19N3O4S. The van der Waals surface area contributed by atoms with Crippen molar-refractivity contribution in [3.8, 4) is 28.1 Å². The van der Waals surface area contributed by atoms with Gasteiger partial charge in [-0.05, 0) is 29.8 Å². The second kappa shape index (κ2) is 9.23. The maximum atomic E-state index is 12.2. The minimum atomic E-state index is -0.108. The summed E-state index contributed by atoms with van der Waals surface area (Å²) < 4.78 is 16.2. The molecule has 152 valence electrons. The lowest BCUT2D eigenvalue weighted by Crippen LogP contribution is -2.24. The van der Waals surface area contributed by atoms with Gasteiger partial charge >= 0.3 is 0 Å². The normalized spacial score (nSPS) is 10.6. The molecule has 0 aliphatic carbocycles. The van der Waals surface area contributed by atoms with Gasteiger partial charge in [-0.15, -0.1) is 11.3 Å². The molecule has 1 N–H and O–H groups in total. The molecule has 7 nitrogen and oxygen atoms in total. The molecule has 0 saturated heterocycles. The summed E-state index contributed by atoms with van der Waals surface area (Å²) in [5.74, 6) is 2.41. The van der Waals surface area contributed by atoms with Crippen LogP contribution in [0.2, 0.25) is 0 Å². The van der Waals surface area contributed by atoms with E-state index in [4.69, 9.17) is 13.9 Å². The first-order valence-corrected chi connectivity index (χ1v) is 10.1. The zero-order chi connectivity index (χ0) is 20.8. The number of carbonyl (C=O) groups excluding carboxylic acids is 1. The van der Waals surface area contributed by atoms with Crippen molar-refractivity contribution in [2.24, 2.45) is 0 Å². The summed E-state index contributed by atoms with van der Waals surface area (Å²) in [5, 5.41) is 5.51. The van der Waals surface area contributed by atoms with Crippen molar-refractivity contribution in [3.63, 3.8) is 0 Å². The van der Waals surface area contributed by atoms with Gasteiger partial charge in [0.1, 0.15) is 11.5 Å². The van der Waals surface area contributed by atoms with E-state index in [2.05, 4.69) is 15.3 Å². The smallest absolute Gasteiger partial charge is 0.226 e. The number of furan rings is 1. The summed E-state index contributed by atoms with van der Waals surface area (Å²) >= 11 is 1.45. The molecule has 8 heteroatoms. The zero-order valence-corrected chi connectivity index (χ0v) is 17.0. The Morgan fingerprint density at radius 3 is 2.83 bits per heavy atom. The highest BCUT2D eigenvalue weighted by Gasteiger charge is 2.10. The Labute approximate surface area is 177 Å². The van der Waals surface area contributed by atoms with Crippen LogP contribution < -0.4 is 14.8 Å². The molecule has 1 amide bonds. The molecule has 30 heavy (non-hydrogen) atoms. The number of rotatable bonds is 8. The molecular weight excluding hydrogens is 402 g/mol. The molecule has 0 aliphatic rings. The molecule has 1 aromatic carbocycles. The lowest BCUT2D eigenvalue weighted by molar-refractivity contribution is -0.120. The molecule has 0 saturated carbocycles. The van der Waals surface area contributed by atoms with Gasteiger partial charge < -0.3 is 19.2 Å². The van der Waals surface area contributed by atoms with Crippen LogP contribution in [0.5, 0.6) is 17.4 Å². The van der Waals surface area contributed by atoms with Gasteiger partial charge in [0.05, 0.1) is 25.5 Å². The highest BCUT2D eigenvalue weighted by Crippen LogP contribution is 2.25. The predicted octanol–water partition coefficient (Wildman–Crippen LogP) is 4.46. The van der Waals surface area contributed by atoms with E-state index in [9.17, 15) is 4.79 Å². The topological polar surface area (TPSA) is 86.5 Å². The van der Waals surface area contributed by atoms with Crippen molar-refractivity contribution in [1.82, 2.24) is 15.3 Å². The van der Waals surface area contributed by atoms with Crippen molar-refractivity contribution in [3.05, 3.63) is 77.6 Å². The van der Waals surface area contributed by atoms with Gasteiger partial charge in [0.15, 0.2) is 10.8 Å². The van der Waals surface area contributed by atoms with E-state index in [-0.39, 0.29) is 12.3 Å². The van der Waals surface area contributed by atoms with Gasteiger partial charge in [-0.2, -0.15) is 0 Å². The van der Waals surface area contributed by atoms with Crippen LogP contribution in [-0.2, 0) is 17.8 Å². The average molecular weight is 421 g/mol. The molecule has 0 fully saturated rings. The summed E-state index contributed by atoms with van der Waals surface area (Å²) in [4.78, 5) is 20.9. The van der Waals surface area contributed by atoms with Crippen LogP contribution >= 0.6 is 11.3 Å². The van der Waals surface area contributed by atoms with Crippen LogP contribution in [0.4, 0.5) is 0 Å². The Balaban J connectivity index is 1.28. The summed E-state index contributed by atoms with van der Waals surface area (Å²) in [6.07, 6.45) is 3.49. The molecule has 0 bridgehead atoms. The fraction of sp³-hybridized carbons (Fsp3) is 0.136. The molecule has 3 aromatic heterocycles. The van der Waals surface area contributed by atoms with Gasteiger partial charge in [0, 0.05) is 30.3 Å². The van der Waals surface area contributed by atoms with Gasteiger partial charge in [-0.25, -0.2) is 9.97 Å². The second-order valence-corrected chi connectivity index (χ2v) is 7.22. The van der Waals surface area contributed by atoms with Gasteiger partial charge in [-0.1, -0.05) is 12.1 Å². The van der Waals surface area contributed by atoms with Crippen LogP contribution in [0.25, 0.3) is 10.8 Å². The third-order valence-corrected chi connectivity index (χ3v) is 5.08. The fourth-order valence-electron chi connectivity index (χ4n) is 2.69. The highest BCUT2D eigenvalue weighted by molar-refractivity contribution is 7.13. The SMILES string of the molecule is COc1cccc(Oc2ccc(CNC(=O)Cc3csc(-c4ccco4)n3)cn2)c1. The predicted molar refractivity (Wildman–Crippen MR) is 113 cm³/mol. The molecule has 4 aromatic rings. The van der Waals surface area contributed by atoms with Gasteiger partial charge in [0.2, 0.25) is 11.8 Å². The lowest BCUT2D eigenvalue weighted by atomic mass is 10.2. The van der Waals surface area contributed by atoms with Crippen LogP contribution in [-0.4, -0.2) is 23.0 Å². The average Bonchev–Trinajstić information content (AvgIpc) is 3.45. The van der Waals surface area contributed by atoms with E-state index in [1.807, 2.05) is 41.8 Å². The maximum Gasteiger partial charge on any atom is 0.226 e. The fourth-order valence-corrected chi connectivity index (χ4v) is 3.48. The standard InChI is InChI=1S/C22H19N3O4S/c1-27-17-4-2-5-18(11-17)29-21-8-7-15(13-24-21)12-23-20(26)10-16-14-30-22(25-16)19-6-3-9-28-19/h2-9,11,13-14H,10,12H2,1H3,(H,23,26). The number of nitrogens with zero attached hydrogens (tertiary/aromatic N) is 2. The first-order chi connectivity index (χ1) is 14.7. The molecule has 3 heterocycles. The van der Waals surface area contributed by atoms with Crippen molar-refractivity contribution < 1.29 is 18.7 Å². The van der Waals surface area contributed by atoms with Crippen molar-refractivity contribution in [2.45, 2.75) is 13.0 Å². The number of thiazole rings is 1. The molecule has 0 atom stereocenters. The Kier molecular flexibility index (Phi) is 6.05. The number of ether oxygens (including phenoxy) is 2. The van der Waals surface area contributed by atoms with E-state index >= 15 is 0 Å². The van der Waals surface area contributed by atoms with Crippen LogP contribution in [0.3, 0.4) is 0 Å². The number of hydrogen-bond acceptors (Lipinski definition) is 7. The second-order valence-electron chi connectivity index (χ2n) is 6.36. The van der Waals surface area contributed by atoms with Crippen LogP contribution in [0, 0.1) is 0 Å². The molecule has 0 spiro atoms. The zero-order valence-electron chi connectivity index (χ0n) is 16.2. The van der Waals surface area contributed by atoms with E-state index in [0.717, 1.165) is 10.6 Å². The number of hydrogen-bond donors (Lipinski definition) is 1. The minimum Gasteiger partial charge on any atom is -0.497 e. The maximum absolute atomic E-state index is 12.2. The van der Waals surface area contributed by atoms with Crippen molar-refractivity contribution in [1.29, 1.82) is 0 Å². The molecule has 4 rings (SSSR count). The first kappa shape index (κ1) is 19.7. The number of aromatic nitrogens is 2. The van der Waals surface area contributed by atoms with Crippen molar-refractivity contribution in [2.75, 3.05) is 7.11 Å². The summed E-state index contributed by atoms with van der Waals surface area (Å²) in [5.41, 5.74) is 1.58. The third kappa shape index (κ3) is 5.03. The number of carbonyl (C=O) groups is 1. The van der Waals surface area contributed by atoms with Gasteiger partial charge in [-0.3, -0.25) is 4.79 Å². The Morgan fingerprint density at radius 2 is 2.07 bits per heavy atom. The number of benzene rings is 1. The highest BCUT2D eigenvalue weighted by atomic mass is 32.1. The number of amides is 1. The van der Waals surface area contributed by atoms with E-state index in [1.54, 1.807) is 31.7 Å². The molecule has 0 radical (unpaired) electrons. The van der Waals surface area contributed by atoms with Gasteiger partial charge in [0.25, 0.3) is 0 Å². The Bertz CT molecular complexity index is 1110. The monoisotopic (exact) mass is 421 g/mol. The largest absolute Gasteiger partial charge is 0.497 e. The Morgan fingerprint density at radius 1 is 1.17 bits per heavy atom. The number of pyridine rings is 1. The minimum absolute atomic E-state index is 0.108. The lowest BCUT2D eigenvalue weighted by Gasteiger charge is -2.08. The number of methoxy groups -OCH3 is 1. The third-order valence-electron chi connectivity index (χ3n) is 4.18. The van der Waals surface area contributed by atoms with Crippen molar-refractivity contribution >= 4 is 17.2 Å². The summed E-state index contributed by atoms with van der Waals surface area (Å²) in [6, 6.07) is 14.6. The van der Waals surface area contributed by atoms with Crippen LogP contribution in [0.1, 0.15) is 11.3 Å². The summed E-state index contributed by atoms with van der Waals surface area (Å²) in [6.45, 7) is 0.375. The first-order valence-electron chi connectivity index (χ1n) is 9.21. The van der Waals surface area contributed by atoms with Crippen LogP contribution in [0.15, 0.2) is 70.8 Å². The quantitative estimate of drug-likeness (QED) is 0.452.